The lowest BCUT2D eigenvalue weighted by atomic mass is 10.2. The van der Waals surface area contributed by atoms with Crippen LogP contribution in [0.4, 0.5) is 0 Å². The normalized spacial score (nSPS) is 11.6. The molecule has 0 aliphatic carbocycles. The van der Waals surface area contributed by atoms with E-state index in [2.05, 4.69) is 6.07 Å². The molecule has 2 rings (SSSR count). The molecule has 0 spiro atoms. The molecular formula is C16H15NO. The topological polar surface area (TPSA) is 33.0 Å². The number of rotatable bonds is 4. The molecule has 18 heavy (non-hydrogen) atoms. The monoisotopic (exact) mass is 240 g/mol. The summed E-state index contributed by atoms with van der Waals surface area (Å²) in [5.74, 6) is 0.751. The van der Waals surface area contributed by atoms with Crippen LogP contribution in [0.5, 0.6) is 5.75 Å². The first-order chi connectivity index (χ1) is 8.79. The fourth-order valence-corrected chi connectivity index (χ4v) is 1.67. The molecule has 0 N–H and O–H groups in total. The van der Waals surface area contributed by atoms with Gasteiger partial charge in [0.15, 0.2) is 0 Å². The first-order valence-electron chi connectivity index (χ1n) is 5.96. The van der Waals surface area contributed by atoms with Crippen molar-refractivity contribution in [1.82, 2.24) is 0 Å². The van der Waals surface area contributed by atoms with Crippen LogP contribution in [-0.4, -0.2) is 0 Å². The number of nitriles is 1. The quantitative estimate of drug-likeness (QED) is 0.759. The maximum atomic E-state index is 8.83. The molecule has 1 unspecified atom stereocenters. The van der Waals surface area contributed by atoms with Gasteiger partial charge in [-0.15, -0.1) is 0 Å². The second-order valence-electron chi connectivity index (χ2n) is 4.19. The van der Waals surface area contributed by atoms with E-state index in [4.69, 9.17) is 10.00 Å². The van der Waals surface area contributed by atoms with Crippen molar-refractivity contribution in [3.8, 4) is 11.8 Å². The fraction of sp³-hybridized carbons (Fsp3) is 0.188. The molecule has 0 aromatic heterocycles. The molecule has 0 aliphatic heterocycles. The summed E-state index contributed by atoms with van der Waals surface area (Å²) in [4.78, 5) is 0. The second kappa shape index (κ2) is 5.88. The van der Waals surface area contributed by atoms with Crippen molar-refractivity contribution in [3.05, 3.63) is 65.7 Å². The van der Waals surface area contributed by atoms with Gasteiger partial charge < -0.3 is 4.74 Å². The van der Waals surface area contributed by atoms with E-state index in [1.807, 2.05) is 61.5 Å². The highest BCUT2D eigenvalue weighted by Gasteiger charge is 2.03. The predicted octanol–water partition coefficient (Wildman–Crippen LogP) is 3.89. The Balaban J connectivity index is 1.97. The number of nitrogens with zero attached hydrogens (tertiary/aromatic N) is 1. The molecule has 0 saturated heterocycles. The van der Waals surface area contributed by atoms with Gasteiger partial charge in [-0.3, -0.25) is 0 Å². The minimum absolute atomic E-state index is 0.0758. The predicted molar refractivity (Wildman–Crippen MR) is 71.2 cm³/mol. The summed E-state index contributed by atoms with van der Waals surface area (Å²) in [6, 6.07) is 20.0. The third-order valence-corrected chi connectivity index (χ3v) is 2.82. The van der Waals surface area contributed by atoms with Crippen LogP contribution in [0.25, 0.3) is 0 Å². The van der Waals surface area contributed by atoms with Crippen molar-refractivity contribution in [2.24, 2.45) is 0 Å². The summed E-state index contributed by atoms with van der Waals surface area (Å²) in [7, 11) is 0. The number of hydrogen-bond acceptors (Lipinski definition) is 2. The van der Waals surface area contributed by atoms with E-state index in [1.165, 1.54) is 0 Å². The molecule has 2 aromatic rings. The van der Waals surface area contributed by atoms with Gasteiger partial charge in [0.05, 0.1) is 12.0 Å². The van der Waals surface area contributed by atoms with Crippen LogP contribution < -0.4 is 4.74 Å². The van der Waals surface area contributed by atoms with E-state index in [1.54, 1.807) is 0 Å². The highest BCUT2D eigenvalue weighted by Crippen LogP contribution is 2.19. The molecule has 0 amide bonds. The van der Waals surface area contributed by atoms with Gasteiger partial charge in [-0.2, -0.15) is 5.26 Å². The smallest absolute Gasteiger partial charge is 0.119 e. The Hall–Kier alpha value is -2.27. The molecule has 0 radical (unpaired) electrons. The summed E-state index contributed by atoms with van der Waals surface area (Å²) in [6.07, 6.45) is 0. The molecule has 0 bridgehead atoms. The maximum Gasteiger partial charge on any atom is 0.119 e. The third-order valence-electron chi connectivity index (χ3n) is 2.82. The van der Waals surface area contributed by atoms with E-state index >= 15 is 0 Å². The summed E-state index contributed by atoms with van der Waals surface area (Å²) in [6.45, 7) is 2.45. The zero-order valence-corrected chi connectivity index (χ0v) is 10.3. The molecule has 2 nitrogen and oxygen atoms in total. The number of hydrogen-bond donors (Lipinski definition) is 0. The van der Waals surface area contributed by atoms with Crippen LogP contribution in [0.2, 0.25) is 0 Å². The van der Waals surface area contributed by atoms with Crippen molar-refractivity contribution in [2.75, 3.05) is 0 Å². The Labute approximate surface area is 107 Å². The first kappa shape index (κ1) is 12.2. The molecule has 0 saturated carbocycles. The van der Waals surface area contributed by atoms with E-state index < -0.39 is 0 Å². The van der Waals surface area contributed by atoms with Gasteiger partial charge in [0.25, 0.3) is 0 Å². The van der Waals surface area contributed by atoms with Crippen LogP contribution in [-0.2, 0) is 6.61 Å². The van der Waals surface area contributed by atoms with E-state index in [0.29, 0.717) is 6.61 Å². The molecular weight excluding hydrogens is 225 g/mol. The van der Waals surface area contributed by atoms with Crippen molar-refractivity contribution < 1.29 is 4.74 Å². The molecule has 90 valence electrons. The standard InChI is InChI=1S/C16H15NO/c1-13(11-17)15-7-9-16(10-8-15)18-12-14-5-3-2-4-6-14/h2-10,13H,12H2,1H3/i1+1,11+1,13+1. The highest BCUT2D eigenvalue weighted by molar-refractivity contribution is 5.31. The zero-order valence-electron chi connectivity index (χ0n) is 10.3. The minimum atomic E-state index is -0.0758. The maximum absolute atomic E-state index is 8.83. The van der Waals surface area contributed by atoms with Crippen molar-refractivity contribution in [3.63, 3.8) is 0 Å². The average Bonchev–Trinajstić information content (AvgIpc) is 2.46. The zero-order chi connectivity index (χ0) is 12.8. The van der Waals surface area contributed by atoms with Crippen LogP contribution >= 0.6 is 0 Å². The lowest BCUT2D eigenvalue weighted by Gasteiger charge is -2.08. The Morgan fingerprint density at radius 3 is 2.33 bits per heavy atom. The van der Waals surface area contributed by atoms with Crippen LogP contribution in [0.15, 0.2) is 54.6 Å². The average molecular weight is 240 g/mol. The molecule has 0 fully saturated rings. The van der Waals surface area contributed by atoms with Gasteiger partial charge in [0.2, 0.25) is 0 Å². The number of benzene rings is 2. The molecule has 2 heteroatoms. The largest absolute Gasteiger partial charge is 0.489 e. The van der Waals surface area contributed by atoms with Crippen LogP contribution in [0.3, 0.4) is 0 Å². The Morgan fingerprint density at radius 2 is 1.72 bits per heavy atom. The van der Waals surface area contributed by atoms with E-state index in [9.17, 15) is 0 Å². The molecule has 0 aliphatic rings. The summed E-state index contributed by atoms with van der Waals surface area (Å²) < 4.78 is 5.68. The molecule has 2 aromatic carbocycles. The Morgan fingerprint density at radius 1 is 1.06 bits per heavy atom. The van der Waals surface area contributed by atoms with Gasteiger partial charge in [-0.05, 0) is 30.2 Å². The van der Waals surface area contributed by atoms with Crippen molar-refractivity contribution in [2.45, 2.75) is 19.4 Å². The van der Waals surface area contributed by atoms with E-state index in [-0.39, 0.29) is 5.92 Å². The third kappa shape index (κ3) is 3.11. The van der Waals surface area contributed by atoms with Crippen LogP contribution in [0, 0.1) is 11.3 Å². The van der Waals surface area contributed by atoms with Crippen LogP contribution in [0.1, 0.15) is 24.0 Å². The van der Waals surface area contributed by atoms with Gasteiger partial charge in [-0.25, -0.2) is 0 Å². The SMILES string of the molecule is [13CH3][13CH]([13C]#N)c1ccc(OCc2ccccc2)cc1. The fourth-order valence-electron chi connectivity index (χ4n) is 1.67. The van der Waals surface area contributed by atoms with Crippen molar-refractivity contribution >= 4 is 0 Å². The second-order valence-corrected chi connectivity index (χ2v) is 4.19. The Bertz CT molecular complexity index is 525. The first-order valence-corrected chi connectivity index (χ1v) is 5.96. The summed E-state index contributed by atoms with van der Waals surface area (Å²) >= 11 is 0. The molecule has 0 heterocycles. The van der Waals surface area contributed by atoms with E-state index in [0.717, 1.165) is 16.9 Å². The lowest BCUT2D eigenvalue weighted by molar-refractivity contribution is 0.306. The summed E-state index contributed by atoms with van der Waals surface area (Å²) in [5, 5.41) is 8.83. The number of ether oxygens (including phenoxy) is 1. The highest BCUT2D eigenvalue weighted by atomic mass is 16.5. The van der Waals surface area contributed by atoms with Crippen molar-refractivity contribution in [1.29, 1.82) is 5.26 Å². The summed E-state index contributed by atoms with van der Waals surface area (Å²) in [5.41, 5.74) is 2.16. The van der Waals surface area contributed by atoms with Gasteiger partial charge in [0.1, 0.15) is 12.4 Å². The minimum Gasteiger partial charge on any atom is -0.489 e. The molecule has 1 atom stereocenters. The van der Waals surface area contributed by atoms with Gasteiger partial charge in [0, 0.05) is 0 Å². The lowest BCUT2D eigenvalue weighted by Crippen LogP contribution is -1.95. The van der Waals surface area contributed by atoms with Gasteiger partial charge in [-0.1, -0.05) is 42.5 Å². The van der Waals surface area contributed by atoms with Gasteiger partial charge >= 0.3 is 0 Å². The Kier molecular flexibility index (Phi) is 3.98.